The van der Waals surface area contributed by atoms with Gasteiger partial charge in [0.1, 0.15) is 12.1 Å². The predicted molar refractivity (Wildman–Crippen MR) is 51.7 cm³/mol. The number of nitrogens with two attached hydrogens (primary N) is 1. The average Bonchev–Trinajstić information content (AvgIpc) is 2.13. The molecule has 0 heterocycles. The number of aliphatic hydroxyl groups is 1. The molecule has 3 atom stereocenters. The molecule has 0 spiro atoms. The van der Waals surface area contributed by atoms with Crippen molar-refractivity contribution >= 4 is 5.97 Å². The van der Waals surface area contributed by atoms with Crippen LogP contribution >= 0.6 is 0 Å². The molecule has 0 amide bonds. The summed E-state index contributed by atoms with van der Waals surface area (Å²) in [4.78, 5) is 11.2. The van der Waals surface area contributed by atoms with Gasteiger partial charge >= 0.3 is 5.97 Å². The summed E-state index contributed by atoms with van der Waals surface area (Å²) >= 11 is 0. The van der Waals surface area contributed by atoms with E-state index in [1.54, 1.807) is 6.92 Å². The van der Waals surface area contributed by atoms with E-state index in [1.165, 1.54) is 6.92 Å². The summed E-state index contributed by atoms with van der Waals surface area (Å²) in [6.07, 6.45) is -1.24. The molecule has 0 fully saturated rings. The molecule has 0 aromatic rings. The summed E-state index contributed by atoms with van der Waals surface area (Å²) in [5.74, 6) is -0.604. The maximum absolute atomic E-state index is 11.2. The summed E-state index contributed by atoms with van der Waals surface area (Å²) in [7, 11) is 0. The Morgan fingerprint density at radius 1 is 1.50 bits per heavy atom. The van der Waals surface area contributed by atoms with Crippen molar-refractivity contribution in [3.8, 4) is 0 Å². The van der Waals surface area contributed by atoms with Crippen molar-refractivity contribution < 1.29 is 19.4 Å². The summed E-state index contributed by atoms with van der Waals surface area (Å²) in [6.45, 7) is 5.93. The summed E-state index contributed by atoms with van der Waals surface area (Å²) in [5, 5.41) is 9.02. The lowest BCUT2D eigenvalue weighted by Crippen LogP contribution is -2.43. The Morgan fingerprint density at radius 3 is 2.50 bits per heavy atom. The van der Waals surface area contributed by atoms with Crippen LogP contribution in [0.3, 0.4) is 0 Å². The zero-order chi connectivity index (χ0) is 11.1. The highest BCUT2D eigenvalue weighted by atomic mass is 16.6. The van der Waals surface area contributed by atoms with Crippen molar-refractivity contribution in [1.82, 2.24) is 0 Å². The van der Waals surface area contributed by atoms with E-state index in [1.807, 2.05) is 6.92 Å². The third-order valence-corrected chi connectivity index (χ3v) is 1.67. The van der Waals surface area contributed by atoms with Gasteiger partial charge in [-0.3, -0.25) is 4.79 Å². The van der Waals surface area contributed by atoms with Crippen LogP contribution in [0.15, 0.2) is 0 Å². The standard InChI is InChI=1S/C9H19NO4/c1-4-13-5-6(2)14-9(12)8(10)7(3)11/h6-8,11H,4-5,10H2,1-3H3/t6?,7-,8+/m1/s1. The van der Waals surface area contributed by atoms with Gasteiger partial charge in [0.15, 0.2) is 0 Å². The van der Waals surface area contributed by atoms with E-state index in [2.05, 4.69) is 0 Å². The summed E-state index contributed by atoms with van der Waals surface area (Å²) in [5.41, 5.74) is 5.37. The van der Waals surface area contributed by atoms with E-state index in [-0.39, 0.29) is 6.10 Å². The Labute approximate surface area is 84.2 Å². The smallest absolute Gasteiger partial charge is 0.325 e. The van der Waals surface area contributed by atoms with Gasteiger partial charge in [-0.05, 0) is 20.8 Å². The normalized spacial score (nSPS) is 17.2. The van der Waals surface area contributed by atoms with E-state index in [4.69, 9.17) is 20.3 Å². The molecule has 0 saturated carbocycles. The highest BCUT2D eigenvalue weighted by Gasteiger charge is 2.22. The van der Waals surface area contributed by atoms with Crippen molar-refractivity contribution in [1.29, 1.82) is 0 Å². The first-order valence-electron chi connectivity index (χ1n) is 4.70. The fourth-order valence-electron chi connectivity index (χ4n) is 0.792. The van der Waals surface area contributed by atoms with Crippen LogP contribution in [0, 0.1) is 0 Å². The zero-order valence-electron chi connectivity index (χ0n) is 8.90. The summed E-state index contributed by atoms with van der Waals surface area (Å²) in [6, 6.07) is -0.987. The van der Waals surface area contributed by atoms with Gasteiger partial charge in [0.25, 0.3) is 0 Å². The Balaban J connectivity index is 3.81. The number of esters is 1. The van der Waals surface area contributed by atoms with Crippen molar-refractivity contribution in [2.45, 2.75) is 39.0 Å². The molecule has 0 rings (SSSR count). The second-order valence-corrected chi connectivity index (χ2v) is 3.17. The Morgan fingerprint density at radius 2 is 2.07 bits per heavy atom. The van der Waals surface area contributed by atoms with Gasteiger partial charge in [-0.1, -0.05) is 0 Å². The van der Waals surface area contributed by atoms with E-state index in [0.29, 0.717) is 13.2 Å². The minimum absolute atomic E-state index is 0.341. The molecular weight excluding hydrogens is 186 g/mol. The number of aliphatic hydroxyl groups excluding tert-OH is 1. The van der Waals surface area contributed by atoms with Crippen LogP contribution in [-0.4, -0.2) is 42.5 Å². The molecule has 84 valence electrons. The molecule has 0 radical (unpaired) electrons. The lowest BCUT2D eigenvalue weighted by atomic mass is 10.2. The number of hydrogen-bond acceptors (Lipinski definition) is 5. The van der Waals surface area contributed by atoms with Gasteiger partial charge in [-0.15, -0.1) is 0 Å². The zero-order valence-corrected chi connectivity index (χ0v) is 8.90. The number of hydrogen-bond donors (Lipinski definition) is 2. The maximum atomic E-state index is 11.2. The molecule has 3 N–H and O–H groups in total. The molecule has 5 heteroatoms. The van der Waals surface area contributed by atoms with Crippen LogP contribution in [0.25, 0.3) is 0 Å². The minimum atomic E-state index is -0.987. The lowest BCUT2D eigenvalue weighted by Gasteiger charge is -2.17. The molecule has 0 aromatic heterocycles. The third kappa shape index (κ3) is 5.16. The highest BCUT2D eigenvalue weighted by Crippen LogP contribution is 1.98. The molecule has 0 aliphatic heterocycles. The van der Waals surface area contributed by atoms with Gasteiger partial charge < -0.3 is 20.3 Å². The van der Waals surface area contributed by atoms with Crippen LogP contribution in [0.4, 0.5) is 0 Å². The van der Waals surface area contributed by atoms with Crippen LogP contribution in [-0.2, 0) is 14.3 Å². The quantitative estimate of drug-likeness (QED) is 0.580. The molecule has 5 nitrogen and oxygen atoms in total. The van der Waals surface area contributed by atoms with Gasteiger partial charge in [0, 0.05) is 6.61 Å². The van der Waals surface area contributed by atoms with Crippen molar-refractivity contribution in [2.24, 2.45) is 5.73 Å². The van der Waals surface area contributed by atoms with Crippen molar-refractivity contribution in [2.75, 3.05) is 13.2 Å². The number of carbonyl (C=O) groups is 1. The fourth-order valence-corrected chi connectivity index (χ4v) is 0.792. The topological polar surface area (TPSA) is 81.8 Å². The number of rotatable bonds is 6. The minimum Gasteiger partial charge on any atom is -0.459 e. The molecule has 0 bridgehead atoms. The van der Waals surface area contributed by atoms with E-state index >= 15 is 0 Å². The van der Waals surface area contributed by atoms with Crippen LogP contribution in [0.1, 0.15) is 20.8 Å². The van der Waals surface area contributed by atoms with E-state index in [0.717, 1.165) is 0 Å². The van der Waals surface area contributed by atoms with Gasteiger partial charge in [-0.25, -0.2) is 0 Å². The molecule has 0 aliphatic carbocycles. The SMILES string of the molecule is CCOCC(C)OC(=O)[C@@H](N)[C@@H](C)O. The Bertz CT molecular complexity index is 172. The third-order valence-electron chi connectivity index (χ3n) is 1.67. The first kappa shape index (κ1) is 13.4. The Hall–Kier alpha value is -0.650. The molecule has 0 aliphatic rings. The van der Waals surface area contributed by atoms with Crippen molar-refractivity contribution in [3.05, 3.63) is 0 Å². The lowest BCUT2D eigenvalue weighted by molar-refractivity contribution is -0.155. The largest absolute Gasteiger partial charge is 0.459 e. The maximum Gasteiger partial charge on any atom is 0.325 e. The van der Waals surface area contributed by atoms with E-state index in [9.17, 15) is 4.79 Å². The second-order valence-electron chi connectivity index (χ2n) is 3.17. The number of ether oxygens (including phenoxy) is 2. The first-order valence-corrected chi connectivity index (χ1v) is 4.70. The Kier molecular flexibility index (Phi) is 6.44. The van der Waals surface area contributed by atoms with Gasteiger partial charge in [-0.2, -0.15) is 0 Å². The van der Waals surface area contributed by atoms with Crippen LogP contribution < -0.4 is 5.73 Å². The summed E-state index contributed by atoms with van der Waals surface area (Å²) < 4.78 is 9.98. The molecule has 0 saturated heterocycles. The molecule has 14 heavy (non-hydrogen) atoms. The monoisotopic (exact) mass is 205 g/mol. The van der Waals surface area contributed by atoms with Gasteiger partial charge in [0.2, 0.25) is 0 Å². The molecule has 1 unspecified atom stereocenters. The fraction of sp³-hybridized carbons (Fsp3) is 0.889. The number of carbonyl (C=O) groups excluding carboxylic acids is 1. The average molecular weight is 205 g/mol. The molecular formula is C9H19NO4. The predicted octanol–water partition coefficient (Wildman–Crippen LogP) is -0.337. The van der Waals surface area contributed by atoms with Gasteiger partial charge in [0.05, 0.1) is 12.7 Å². The van der Waals surface area contributed by atoms with Crippen LogP contribution in [0.5, 0.6) is 0 Å². The van der Waals surface area contributed by atoms with Crippen LogP contribution in [0.2, 0.25) is 0 Å². The second kappa shape index (κ2) is 6.75. The van der Waals surface area contributed by atoms with E-state index < -0.39 is 18.1 Å². The first-order chi connectivity index (χ1) is 6.49. The highest BCUT2D eigenvalue weighted by molar-refractivity contribution is 5.76. The van der Waals surface area contributed by atoms with Crippen molar-refractivity contribution in [3.63, 3.8) is 0 Å². The molecule has 0 aromatic carbocycles.